The summed E-state index contributed by atoms with van der Waals surface area (Å²) in [5.74, 6) is -2.14. The molecule has 3 aromatic heterocycles. The molecule has 1 aromatic carbocycles. The maximum atomic E-state index is 12.7. The zero-order valence-corrected chi connectivity index (χ0v) is 58.3. The molecule has 0 aliphatic heterocycles. The van der Waals surface area contributed by atoms with Crippen molar-refractivity contribution in [3.63, 3.8) is 0 Å². The second-order valence-electron chi connectivity index (χ2n) is 11.2. The Morgan fingerprint density at radius 3 is 1.45 bits per heavy atom. The van der Waals surface area contributed by atoms with Crippen molar-refractivity contribution in [1.29, 1.82) is 0 Å². The number of hydrogen-bond acceptors (Lipinski definition) is 15. The molecular weight excluding hydrogens is 1230 g/mol. The second kappa shape index (κ2) is 31.7. The first-order chi connectivity index (χ1) is 21.9. The average molecular weight is 1260 g/mol. The number of rotatable bonds is 16. The average Bonchev–Trinajstić information content (AvgIpc) is 3.74. The third-order valence-corrected chi connectivity index (χ3v) is 10.5. The molecular formula is C32H33Cs4N4O10S3-3. The van der Waals surface area contributed by atoms with E-state index in [0.717, 1.165) is 53.5 Å². The number of fused-ring (bicyclic) bond motifs is 1. The largest absolute Gasteiger partial charge is 1.00 e. The first kappa shape index (κ1) is 63.6. The minimum absolute atomic E-state index is 0. The van der Waals surface area contributed by atoms with Crippen LogP contribution in [0.2, 0.25) is 0 Å². The maximum Gasteiger partial charge on any atom is 1.00 e. The standard InChI is InChI=1S/C32H31N4O7S3.4Cs.3H2O/c1-16(2)31-18(11-26(40)33-20(14-38)7-8-37)9-24(44-31)22-5-6-23(30-29(22)35-46-36-30)25-10-19(32(45-25)17(3)4)12-27(41)34-21(15-39)13-28(42)43;;;;;;;/h5-6,9-10,16-17,20-21H,7,11-13H2,1-4H3,(H,33,40)(H,34,41)(H,42,43);;;;;3*1H2/q-3;4*+1;;;/p-4. The molecule has 0 spiro atoms. The van der Waals surface area contributed by atoms with Crippen LogP contribution in [0.1, 0.15) is 73.3 Å². The first-order valence-corrected chi connectivity index (χ1v) is 16.7. The summed E-state index contributed by atoms with van der Waals surface area (Å²) in [4.78, 5) is 72.9. The number of aromatic nitrogens is 2. The normalized spacial score (nSPS) is 11.0. The minimum atomic E-state index is -1.46. The van der Waals surface area contributed by atoms with Crippen LogP contribution < -0.4 is 291 Å². The van der Waals surface area contributed by atoms with Gasteiger partial charge in [-0.15, -0.1) is 22.7 Å². The summed E-state index contributed by atoms with van der Waals surface area (Å²) in [5.41, 5.74) is 4.64. The predicted octanol–water partition coefficient (Wildman–Crippen LogP) is -9.21. The van der Waals surface area contributed by atoms with Crippen molar-refractivity contribution >= 4 is 82.1 Å². The van der Waals surface area contributed by atoms with E-state index in [4.69, 9.17) is 0 Å². The predicted molar refractivity (Wildman–Crippen MR) is 181 cm³/mol. The van der Waals surface area contributed by atoms with E-state index in [1.807, 2.05) is 52.0 Å². The van der Waals surface area contributed by atoms with Crippen LogP contribution in [0, 0.1) is 0 Å². The van der Waals surface area contributed by atoms with Gasteiger partial charge in [0.25, 0.3) is 0 Å². The van der Waals surface area contributed by atoms with Gasteiger partial charge < -0.3 is 51.3 Å². The molecule has 2 atom stereocenters. The zero-order valence-electron chi connectivity index (χ0n) is 30.8. The Morgan fingerprint density at radius 2 is 1.11 bits per heavy atom. The summed E-state index contributed by atoms with van der Waals surface area (Å²) in [6.07, 6.45) is 3.87. The summed E-state index contributed by atoms with van der Waals surface area (Å²) in [6, 6.07) is 5.45. The van der Waals surface area contributed by atoms with E-state index in [2.05, 4.69) is 19.4 Å². The Kier molecular flexibility index (Phi) is 38.1. The Bertz CT molecular complexity index is 1800. The Balaban J connectivity index is -0.00000171. The summed E-state index contributed by atoms with van der Waals surface area (Å²) in [5, 5.41) is 15.8. The molecule has 4 rings (SSSR count). The number of carboxylic acid groups (broad SMARTS) is 1. The van der Waals surface area contributed by atoms with Crippen molar-refractivity contribution in [3.05, 3.63) is 45.1 Å². The van der Waals surface area contributed by atoms with Crippen LogP contribution in [0.3, 0.4) is 0 Å². The topological polar surface area (TPSA) is 265 Å². The number of amides is 2. The van der Waals surface area contributed by atoms with Gasteiger partial charge in [-0.25, -0.2) is 12.6 Å². The summed E-state index contributed by atoms with van der Waals surface area (Å²) in [7, 11) is 0. The molecule has 0 saturated carbocycles. The van der Waals surface area contributed by atoms with Crippen molar-refractivity contribution in [2.45, 2.75) is 77.3 Å². The third kappa shape index (κ3) is 18.4. The number of hydrogen-bond donors (Lipinski definition) is 2. The van der Waals surface area contributed by atoms with E-state index in [1.54, 1.807) is 23.9 Å². The molecule has 4 aromatic rings. The van der Waals surface area contributed by atoms with Gasteiger partial charge >= 0.3 is 276 Å². The molecule has 2 unspecified atom stereocenters. The molecule has 266 valence electrons. The molecule has 0 saturated heterocycles. The fourth-order valence-corrected chi connectivity index (χ4v) is 8.00. The minimum Gasteiger partial charge on any atom is -0.870 e. The van der Waals surface area contributed by atoms with Crippen molar-refractivity contribution in [3.8, 4) is 20.9 Å². The van der Waals surface area contributed by atoms with Crippen molar-refractivity contribution in [2.75, 3.05) is 0 Å². The van der Waals surface area contributed by atoms with Crippen LogP contribution in [0.25, 0.3) is 31.9 Å². The Labute approximate surface area is 555 Å². The van der Waals surface area contributed by atoms with Crippen LogP contribution in [-0.2, 0) is 41.6 Å². The number of nitrogens with zero attached hydrogens (tertiary/aromatic N) is 2. The Morgan fingerprint density at radius 1 is 0.717 bits per heavy atom. The number of aliphatic carboxylic acids is 1. The zero-order chi connectivity index (χ0) is 33.5. The van der Waals surface area contributed by atoms with Crippen LogP contribution in [0.4, 0.5) is 0 Å². The molecule has 0 aliphatic carbocycles. The van der Waals surface area contributed by atoms with E-state index in [9.17, 15) is 33.9 Å². The van der Waals surface area contributed by atoms with Crippen LogP contribution in [0.15, 0.2) is 24.3 Å². The molecule has 0 fully saturated rings. The van der Waals surface area contributed by atoms with Gasteiger partial charge in [-0.05, 0) is 41.5 Å². The first-order valence-electron chi connectivity index (χ1n) is 14.4. The Hall–Kier alpha value is 3.95. The number of carbonyl (C=O) groups is 3. The van der Waals surface area contributed by atoms with E-state index in [1.165, 1.54) is 17.6 Å². The van der Waals surface area contributed by atoms with E-state index in [0.29, 0.717) is 11.0 Å². The van der Waals surface area contributed by atoms with Crippen molar-refractivity contribution < 1.29 is 326 Å². The summed E-state index contributed by atoms with van der Waals surface area (Å²) < 4.78 is 9.21. The molecule has 2 amide bonds. The number of carboxylic acids is 1. The van der Waals surface area contributed by atoms with E-state index < -0.39 is 36.3 Å². The molecule has 21 heteroatoms. The van der Waals surface area contributed by atoms with Gasteiger partial charge in [0.05, 0.1) is 24.6 Å². The smallest absolute Gasteiger partial charge is 0.870 e. The molecule has 0 aliphatic rings. The summed E-state index contributed by atoms with van der Waals surface area (Å²) in [6.45, 7) is 8.09. The van der Waals surface area contributed by atoms with Crippen LogP contribution in [-0.4, -0.2) is 73.9 Å². The number of nitrogens with one attached hydrogen (secondary N) is 2. The van der Waals surface area contributed by atoms with Gasteiger partial charge in [0.1, 0.15) is 11.0 Å². The van der Waals surface area contributed by atoms with Gasteiger partial charge in [0.2, 0.25) is 11.8 Å². The van der Waals surface area contributed by atoms with Gasteiger partial charge in [0.15, 0.2) is 0 Å². The van der Waals surface area contributed by atoms with Crippen LogP contribution >= 0.6 is 34.4 Å². The van der Waals surface area contributed by atoms with E-state index in [-0.39, 0.29) is 323 Å². The van der Waals surface area contributed by atoms with Gasteiger partial charge in [0, 0.05) is 36.6 Å². The quantitative estimate of drug-likeness (QED) is 0.0992. The molecule has 0 radical (unpaired) electrons. The number of benzene rings is 1. The SMILES string of the molecule is CC(C)c1sc(-c2ccc(-c3cc(CC(=O)NC([C-]=O)CC(=O)[O-])c(C(C)C)s3)c3nsnc23)cc1CC(=O)NC([C-]=O)C[C-]=O.[Cs+].[Cs+].[Cs+].[Cs+].[OH-].[OH-].[OH-]. The van der Waals surface area contributed by atoms with Gasteiger partial charge in [-0.1, -0.05) is 51.9 Å². The third-order valence-electron chi connectivity index (χ3n) is 6.99. The number of carbonyl (C=O) groups excluding carboxylic acids is 6. The molecule has 14 nitrogen and oxygen atoms in total. The fraction of sp³-hybridized carbons (Fsp3) is 0.375. The van der Waals surface area contributed by atoms with Gasteiger partial charge in [-0.2, -0.15) is 15.2 Å². The molecule has 5 N–H and O–H groups in total. The van der Waals surface area contributed by atoms with Crippen LogP contribution in [0.5, 0.6) is 0 Å². The van der Waals surface area contributed by atoms with Crippen molar-refractivity contribution in [1.82, 2.24) is 19.4 Å². The maximum absolute atomic E-state index is 12.7. The fourth-order valence-electron chi connectivity index (χ4n) is 5.00. The molecule has 53 heavy (non-hydrogen) atoms. The second-order valence-corrected chi connectivity index (χ2v) is 13.9. The van der Waals surface area contributed by atoms with Crippen molar-refractivity contribution in [2.24, 2.45) is 0 Å². The molecule has 3 heterocycles. The van der Waals surface area contributed by atoms with E-state index >= 15 is 0 Å². The number of thiophene rings is 2. The monoisotopic (exact) mass is 1260 g/mol. The van der Waals surface area contributed by atoms with Gasteiger partial charge in [-0.3, -0.25) is 15.9 Å². The molecule has 0 bridgehead atoms. The summed E-state index contributed by atoms with van der Waals surface area (Å²) >= 11 is 4.16.